The van der Waals surface area contributed by atoms with E-state index >= 15 is 0 Å². The third-order valence-corrected chi connectivity index (χ3v) is 3.77. The van der Waals surface area contributed by atoms with Crippen LogP contribution in [0.1, 0.15) is 23.6 Å². The zero-order valence-corrected chi connectivity index (χ0v) is 15.6. The Morgan fingerprint density at radius 1 is 1.07 bits per heavy atom. The third kappa shape index (κ3) is 6.47. The van der Waals surface area contributed by atoms with Crippen molar-refractivity contribution in [2.75, 3.05) is 25.5 Å². The van der Waals surface area contributed by atoms with Gasteiger partial charge in [-0.25, -0.2) is 9.98 Å². The molecule has 146 valence electrons. The number of aromatic nitrogens is 1. The number of nitrogens with zero attached hydrogens (tertiary/aromatic N) is 3. The first kappa shape index (κ1) is 20.5. The quantitative estimate of drug-likeness (QED) is 0.597. The summed E-state index contributed by atoms with van der Waals surface area (Å²) in [5.41, 5.74) is 1.11. The molecule has 8 heteroatoms. The summed E-state index contributed by atoms with van der Waals surface area (Å²) in [7, 11) is 3.84. The first-order valence-corrected chi connectivity index (χ1v) is 8.60. The van der Waals surface area contributed by atoms with Crippen molar-refractivity contribution in [3.8, 4) is 0 Å². The summed E-state index contributed by atoms with van der Waals surface area (Å²) in [5.74, 6) is 1.45. The molecule has 0 radical (unpaired) electrons. The molecule has 0 saturated carbocycles. The average molecular weight is 379 g/mol. The molecular formula is C19H24F3N5. The average Bonchev–Trinajstić information content (AvgIpc) is 2.64. The maximum atomic E-state index is 12.6. The Balaban J connectivity index is 2.00. The number of guanidine groups is 1. The van der Waals surface area contributed by atoms with Crippen LogP contribution in [-0.2, 0) is 19.3 Å². The van der Waals surface area contributed by atoms with Crippen LogP contribution in [-0.4, -0.2) is 31.6 Å². The lowest BCUT2D eigenvalue weighted by atomic mass is 10.1. The molecule has 0 amide bonds. The number of nitrogens with one attached hydrogen (secondary N) is 2. The van der Waals surface area contributed by atoms with Gasteiger partial charge in [0.05, 0.1) is 12.1 Å². The van der Waals surface area contributed by atoms with Gasteiger partial charge in [-0.1, -0.05) is 12.1 Å². The molecule has 0 fully saturated rings. The number of halogens is 3. The van der Waals surface area contributed by atoms with Crippen molar-refractivity contribution in [2.24, 2.45) is 4.99 Å². The SMILES string of the molecule is CCNC(=NCc1ccnc(N(C)C)c1)NCc1ccc(C(F)(F)F)cc1. The van der Waals surface area contributed by atoms with Crippen molar-refractivity contribution in [3.05, 3.63) is 59.3 Å². The summed E-state index contributed by atoms with van der Waals surface area (Å²) in [5, 5.41) is 6.26. The van der Waals surface area contributed by atoms with E-state index in [-0.39, 0.29) is 0 Å². The number of hydrogen-bond acceptors (Lipinski definition) is 3. The van der Waals surface area contributed by atoms with Crippen LogP contribution >= 0.6 is 0 Å². The van der Waals surface area contributed by atoms with Gasteiger partial charge in [-0.2, -0.15) is 13.2 Å². The predicted molar refractivity (Wildman–Crippen MR) is 102 cm³/mol. The van der Waals surface area contributed by atoms with E-state index < -0.39 is 11.7 Å². The number of pyridine rings is 1. The minimum absolute atomic E-state index is 0.378. The van der Waals surface area contributed by atoms with Crippen molar-refractivity contribution < 1.29 is 13.2 Å². The van der Waals surface area contributed by atoms with Gasteiger partial charge in [-0.15, -0.1) is 0 Å². The van der Waals surface area contributed by atoms with E-state index in [4.69, 9.17) is 0 Å². The Bertz CT molecular complexity index is 755. The normalized spacial score (nSPS) is 12.0. The lowest BCUT2D eigenvalue weighted by Crippen LogP contribution is -2.36. The molecule has 5 nitrogen and oxygen atoms in total. The summed E-state index contributed by atoms with van der Waals surface area (Å²) in [4.78, 5) is 10.7. The van der Waals surface area contributed by atoms with E-state index in [1.165, 1.54) is 12.1 Å². The highest BCUT2D eigenvalue weighted by atomic mass is 19.4. The summed E-state index contributed by atoms with van der Waals surface area (Å²) in [6.45, 7) is 3.47. The van der Waals surface area contributed by atoms with Crippen LogP contribution in [0.4, 0.5) is 19.0 Å². The highest BCUT2D eigenvalue weighted by molar-refractivity contribution is 5.79. The fourth-order valence-electron chi connectivity index (χ4n) is 2.31. The first-order chi connectivity index (χ1) is 12.8. The number of rotatable bonds is 6. The van der Waals surface area contributed by atoms with Gasteiger partial charge < -0.3 is 15.5 Å². The highest BCUT2D eigenvalue weighted by Crippen LogP contribution is 2.29. The van der Waals surface area contributed by atoms with Crippen LogP contribution in [0.5, 0.6) is 0 Å². The molecule has 2 aromatic rings. The molecule has 0 saturated heterocycles. The molecule has 0 aliphatic carbocycles. The second kappa shape index (κ2) is 9.25. The van der Waals surface area contributed by atoms with Crippen LogP contribution in [0.3, 0.4) is 0 Å². The summed E-state index contributed by atoms with van der Waals surface area (Å²) < 4.78 is 37.9. The van der Waals surface area contributed by atoms with Crippen LogP contribution in [0, 0.1) is 0 Å². The fourth-order valence-corrected chi connectivity index (χ4v) is 2.31. The van der Waals surface area contributed by atoms with Gasteiger partial charge in [0, 0.05) is 33.4 Å². The fraction of sp³-hybridized carbons (Fsp3) is 0.368. The molecule has 1 aromatic carbocycles. The predicted octanol–water partition coefficient (Wildman–Crippen LogP) is 3.42. The summed E-state index contributed by atoms with van der Waals surface area (Å²) in [6.07, 6.45) is -2.58. The minimum Gasteiger partial charge on any atom is -0.363 e. The van der Waals surface area contributed by atoms with E-state index in [9.17, 15) is 13.2 Å². The molecular weight excluding hydrogens is 355 g/mol. The smallest absolute Gasteiger partial charge is 0.363 e. The van der Waals surface area contributed by atoms with Crippen LogP contribution < -0.4 is 15.5 Å². The second-order valence-corrected chi connectivity index (χ2v) is 6.16. The number of anilines is 1. The Labute approximate surface area is 157 Å². The van der Waals surface area contributed by atoms with Crippen molar-refractivity contribution in [1.29, 1.82) is 0 Å². The summed E-state index contributed by atoms with van der Waals surface area (Å²) in [6, 6.07) is 8.96. The lowest BCUT2D eigenvalue weighted by molar-refractivity contribution is -0.137. The molecule has 0 atom stereocenters. The zero-order valence-electron chi connectivity index (χ0n) is 15.6. The van der Waals surface area contributed by atoms with E-state index in [0.29, 0.717) is 25.6 Å². The van der Waals surface area contributed by atoms with Crippen LogP contribution in [0.25, 0.3) is 0 Å². The molecule has 1 aromatic heterocycles. The molecule has 2 rings (SSSR count). The van der Waals surface area contributed by atoms with Gasteiger partial charge in [-0.05, 0) is 42.3 Å². The topological polar surface area (TPSA) is 52.6 Å². The van der Waals surface area contributed by atoms with Gasteiger partial charge in [0.15, 0.2) is 5.96 Å². The maximum Gasteiger partial charge on any atom is 0.416 e. The van der Waals surface area contributed by atoms with Gasteiger partial charge in [-0.3, -0.25) is 0 Å². The van der Waals surface area contributed by atoms with Gasteiger partial charge in [0.2, 0.25) is 0 Å². The third-order valence-electron chi connectivity index (χ3n) is 3.77. The monoisotopic (exact) mass is 379 g/mol. The van der Waals surface area contributed by atoms with Crippen molar-refractivity contribution in [1.82, 2.24) is 15.6 Å². The first-order valence-electron chi connectivity index (χ1n) is 8.60. The Morgan fingerprint density at radius 3 is 2.37 bits per heavy atom. The number of hydrogen-bond donors (Lipinski definition) is 2. The van der Waals surface area contributed by atoms with Gasteiger partial charge >= 0.3 is 6.18 Å². The van der Waals surface area contributed by atoms with E-state index in [1.807, 2.05) is 38.1 Å². The molecule has 0 spiro atoms. The maximum absolute atomic E-state index is 12.6. The molecule has 0 aliphatic rings. The molecule has 0 bridgehead atoms. The van der Waals surface area contributed by atoms with Crippen molar-refractivity contribution in [2.45, 2.75) is 26.2 Å². The van der Waals surface area contributed by atoms with Crippen LogP contribution in [0.2, 0.25) is 0 Å². The largest absolute Gasteiger partial charge is 0.416 e. The molecule has 27 heavy (non-hydrogen) atoms. The Hall–Kier alpha value is -2.77. The lowest BCUT2D eigenvalue weighted by Gasteiger charge is -2.13. The van der Waals surface area contributed by atoms with Gasteiger partial charge in [0.1, 0.15) is 5.82 Å². The molecule has 2 N–H and O–H groups in total. The standard InChI is InChI=1S/C19H24F3N5/c1-4-23-18(26-13-15-9-10-24-17(11-15)27(2)3)25-12-14-5-7-16(8-6-14)19(20,21)22/h5-11H,4,12-13H2,1-3H3,(H2,23,25,26). The van der Waals surface area contributed by atoms with E-state index in [1.54, 1.807) is 6.20 Å². The van der Waals surface area contributed by atoms with Crippen LogP contribution in [0.15, 0.2) is 47.6 Å². The Kier molecular flexibility index (Phi) is 7.04. The molecule has 1 heterocycles. The highest BCUT2D eigenvalue weighted by Gasteiger charge is 2.29. The Morgan fingerprint density at radius 2 is 1.78 bits per heavy atom. The van der Waals surface area contributed by atoms with Crippen molar-refractivity contribution >= 4 is 11.8 Å². The second-order valence-electron chi connectivity index (χ2n) is 6.16. The number of alkyl halides is 3. The van der Waals surface area contributed by atoms with E-state index in [0.717, 1.165) is 29.1 Å². The van der Waals surface area contributed by atoms with Gasteiger partial charge in [0.25, 0.3) is 0 Å². The minimum atomic E-state index is -4.32. The van der Waals surface area contributed by atoms with Crippen molar-refractivity contribution in [3.63, 3.8) is 0 Å². The number of benzene rings is 1. The molecule has 0 aliphatic heterocycles. The van der Waals surface area contributed by atoms with E-state index in [2.05, 4.69) is 20.6 Å². The molecule has 0 unspecified atom stereocenters. The zero-order chi connectivity index (χ0) is 19.9. The summed E-state index contributed by atoms with van der Waals surface area (Å²) >= 11 is 0. The number of aliphatic imine (C=N–C) groups is 1.